The molecule has 0 spiro atoms. The van der Waals surface area contributed by atoms with Crippen LogP contribution in [0.1, 0.15) is 42.2 Å². The SMILES string of the molecule is CCc1cc(CC)n(-c2cc(C)nc(C)c2/C(N)=N/O)n1. The van der Waals surface area contributed by atoms with E-state index in [0.29, 0.717) is 5.56 Å². The van der Waals surface area contributed by atoms with Crippen LogP contribution in [-0.4, -0.2) is 25.8 Å². The van der Waals surface area contributed by atoms with Gasteiger partial charge in [0.15, 0.2) is 5.84 Å². The predicted molar refractivity (Wildman–Crippen MR) is 82.1 cm³/mol. The van der Waals surface area contributed by atoms with Gasteiger partial charge >= 0.3 is 0 Å². The van der Waals surface area contributed by atoms with E-state index in [9.17, 15) is 0 Å². The molecule has 0 atom stereocenters. The Morgan fingerprint density at radius 2 is 2.00 bits per heavy atom. The molecule has 0 radical (unpaired) electrons. The molecular weight excluding hydrogens is 266 g/mol. The third kappa shape index (κ3) is 2.74. The largest absolute Gasteiger partial charge is 0.409 e. The summed E-state index contributed by atoms with van der Waals surface area (Å²) in [6.45, 7) is 7.92. The van der Waals surface area contributed by atoms with Crippen molar-refractivity contribution < 1.29 is 5.21 Å². The van der Waals surface area contributed by atoms with E-state index in [4.69, 9.17) is 10.9 Å². The number of hydrogen-bond acceptors (Lipinski definition) is 4. The number of hydrogen-bond donors (Lipinski definition) is 2. The first-order chi connectivity index (χ1) is 10.0. The van der Waals surface area contributed by atoms with Crippen molar-refractivity contribution in [3.63, 3.8) is 0 Å². The van der Waals surface area contributed by atoms with Gasteiger partial charge in [0.1, 0.15) is 0 Å². The summed E-state index contributed by atoms with van der Waals surface area (Å²) in [5.74, 6) is 0.0469. The molecule has 2 heterocycles. The Morgan fingerprint density at radius 1 is 1.29 bits per heavy atom. The number of aryl methyl sites for hydroxylation is 4. The maximum atomic E-state index is 9.04. The second kappa shape index (κ2) is 5.95. The Labute approximate surface area is 124 Å². The number of aromatic nitrogens is 3. The number of nitrogens with two attached hydrogens (primary N) is 1. The van der Waals surface area contributed by atoms with Crippen LogP contribution in [0.5, 0.6) is 0 Å². The van der Waals surface area contributed by atoms with Crippen LogP contribution in [0.3, 0.4) is 0 Å². The molecule has 0 fully saturated rings. The molecule has 3 N–H and O–H groups in total. The third-order valence-electron chi connectivity index (χ3n) is 3.46. The van der Waals surface area contributed by atoms with Crippen LogP contribution in [-0.2, 0) is 12.8 Å². The quantitative estimate of drug-likeness (QED) is 0.390. The highest BCUT2D eigenvalue weighted by molar-refractivity contribution is 6.01. The molecule has 6 nitrogen and oxygen atoms in total. The highest BCUT2D eigenvalue weighted by Crippen LogP contribution is 2.21. The monoisotopic (exact) mass is 287 g/mol. The predicted octanol–water partition coefficient (Wildman–Crippen LogP) is 2.10. The van der Waals surface area contributed by atoms with Crippen molar-refractivity contribution in [2.45, 2.75) is 40.5 Å². The summed E-state index contributed by atoms with van der Waals surface area (Å²) < 4.78 is 1.87. The van der Waals surface area contributed by atoms with Crippen molar-refractivity contribution in [1.29, 1.82) is 0 Å². The van der Waals surface area contributed by atoms with E-state index >= 15 is 0 Å². The summed E-state index contributed by atoms with van der Waals surface area (Å²) in [7, 11) is 0. The zero-order chi connectivity index (χ0) is 15.6. The summed E-state index contributed by atoms with van der Waals surface area (Å²) >= 11 is 0. The summed E-state index contributed by atoms with van der Waals surface area (Å²) in [6.07, 6.45) is 1.71. The van der Waals surface area contributed by atoms with Crippen molar-refractivity contribution in [2.75, 3.05) is 0 Å². The lowest BCUT2D eigenvalue weighted by Crippen LogP contribution is -2.20. The molecule has 0 saturated heterocycles. The normalized spacial score (nSPS) is 11.9. The van der Waals surface area contributed by atoms with Crippen LogP contribution in [0.15, 0.2) is 17.3 Å². The van der Waals surface area contributed by atoms with E-state index in [0.717, 1.165) is 41.3 Å². The molecule has 6 heteroatoms. The minimum atomic E-state index is 0.0469. The molecule has 2 aromatic rings. The second-order valence-electron chi connectivity index (χ2n) is 4.97. The summed E-state index contributed by atoms with van der Waals surface area (Å²) in [4.78, 5) is 4.40. The lowest BCUT2D eigenvalue weighted by atomic mass is 10.1. The summed E-state index contributed by atoms with van der Waals surface area (Å²) in [6, 6.07) is 3.99. The van der Waals surface area contributed by atoms with Gasteiger partial charge in [0.2, 0.25) is 0 Å². The van der Waals surface area contributed by atoms with Crippen LogP contribution >= 0.6 is 0 Å². The van der Waals surface area contributed by atoms with Crippen molar-refractivity contribution in [3.05, 3.63) is 40.5 Å². The van der Waals surface area contributed by atoms with Gasteiger partial charge in [-0.3, -0.25) is 4.98 Å². The first kappa shape index (κ1) is 15.0. The van der Waals surface area contributed by atoms with Crippen LogP contribution in [0.2, 0.25) is 0 Å². The van der Waals surface area contributed by atoms with E-state index < -0.39 is 0 Å². The first-order valence-corrected chi connectivity index (χ1v) is 7.06. The topological polar surface area (TPSA) is 89.3 Å². The van der Waals surface area contributed by atoms with Crippen LogP contribution < -0.4 is 5.73 Å². The molecule has 0 bridgehead atoms. The zero-order valence-electron chi connectivity index (χ0n) is 12.9. The van der Waals surface area contributed by atoms with Gasteiger partial charge in [-0.1, -0.05) is 19.0 Å². The molecule has 112 valence electrons. The summed E-state index contributed by atoms with van der Waals surface area (Å²) in [5, 5.41) is 16.8. The minimum Gasteiger partial charge on any atom is -0.409 e. The molecule has 0 aliphatic heterocycles. The van der Waals surface area contributed by atoms with Crippen LogP contribution in [0.4, 0.5) is 0 Å². The third-order valence-corrected chi connectivity index (χ3v) is 3.46. The maximum Gasteiger partial charge on any atom is 0.174 e. The number of rotatable bonds is 4. The van der Waals surface area contributed by atoms with E-state index in [1.54, 1.807) is 0 Å². The average Bonchev–Trinajstić information content (AvgIpc) is 2.89. The Balaban J connectivity index is 2.76. The van der Waals surface area contributed by atoms with Gasteiger partial charge in [-0.05, 0) is 38.8 Å². The van der Waals surface area contributed by atoms with E-state index in [1.165, 1.54) is 0 Å². The first-order valence-electron chi connectivity index (χ1n) is 7.06. The fourth-order valence-corrected chi connectivity index (χ4v) is 2.45. The Bertz CT molecular complexity index is 688. The molecule has 2 aromatic heterocycles. The van der Waals surface area contributed by atoms with E-state index in [1.807, 2.05) is 24.6 Å². The van der Waals surface area contributed by atoms with Crippen LogP contribution in [0.25, 0.3) is 5.69 Å². The maximum absolute atomic E-state index is 9.04. The number of oxime groups is 1. The average molecular weight is 287 g/mol. The van der Waals surface area contributed by atoms with E-state index in [-0.39, 0.29) is 5.84 Å². The van der Waals surface area contributed by atoms with Crippen LogP contribution in [0, 0.1) is 13.8 Å². The second-order valence-corrected chi connectivity index (χ2v) is 4.97. The van der Waals surface area contributed by atoms with Gasteiger partial charge in [-0.15, -0.1) is 0 Å². The molecule has 0 unspecified atom stereocenters. The molecule has 0 amide bonds. The lowest BCUT2D eigenvalue weighted by molar-refractivity contribution is 0.318. The fourth-order valence-electron chi connectivity index (χ4n) is 2.45. The van der Waals surface area contributed by atoms with Gasteiger partial charge in [0, 0.05) is 11.4 Å². The van der Waals surface area contributed by atoms with Gasteiger partial charge in [-0.25, -0.2) is 4.68 Å². The van der Waals surface area contributed by atoms with E-state index in [2.05, 4.69) is 35.2 Å². The Morgan fingerprint density at radius 3 is 2.57 bits per heavy atom. The standard InChI is InChI=1S/C15H21N5O/c1-5-11-8-12(6-2)20(18-11)13-7-9(3)17-10(4)14(13)15(16)19-21/h7-8,21H,5-6H2,1-4H3,(H2,16,19). The van der Waals surface area contributed by atoms with Crippen molar-refractivity contribution >= 4 is 5.84 Å². The van der Waals surface area contributed by atoms with Gasteiger partial charge in [0.05, 0.1) is 22.6 Å². The van der Waals surface area contributed by atoms with Crippen molar-refractivity contribution in [1.82, 2.24) is 14.8 Å². The molecule has 0 aliphatic rings. The molecule has 0 aromatic carbocycles. The van der Waals surface area contributed by atoms with Gasteiger partial charge in [-0.2, -0.15) is 5.10 Å². The Hall–Kier alpha value is -2.37. The molecule has 21 heavy (non-hydrogen) atoms. The lowest BCUT2D eigenvalue weighted by Gasteiger charge is -2.14. The molecule has 0 aliphatic carbocycles. The molecule has 0 saturated carbocycles. The number of amidine groups is 1. The number of pyridine rings is 1. The summed E-state index contributed by atoms with van der Waals surface area (Å²) in [5.41, 5.74) is 10.9. The van der Waals surface area contributed by atoms with Crippen molar-refractivity contribution in [2.24, 2.45) is 10.9 Å². The minimum absolute atomic E-state index is 0.0469. The highest BCUT2D eigenvalue weighted by atomic mass is 16.4. The Kier molecular flexibility index (Phi) is 4.26. The van der Waals surface area contributed by atoms with Crippen molar-refractivity contribution in [3.8, 4) is 5.69 Å². The number of nitrogens with zero attached hydrogens (tertiary/aromatic N) is 4. The molecule has 2 rings (SSSR count). The highest BCUT2D eigenvalue weighted by Gasteiger charge is 2.17. The fraction of sp³-hybridized carbons (Fsp3) is 0.400. The smallest absolute Gasteiger partial charge is 0.174 e. The molecular formula is C15H21N5O. The van der Waals surface area contributed by atoms with Gasteiger partial charge < -0.3 is 10.9 Å². The zero-order valence-corrected chi connectivity index (χ0v) is 12.9. The van der Waals surface area contributed by atoms with Gasteiger partial charge in [0.25, 0.3) is 0 Å².